The molecule has 4 heterocycles. The number of rotatable bonds is 8. The van der Waals surface area contributed by atoms with E-state index < -0.39 is 0 Å². The average molecular weight is 596 g/mol. The summed E-state index contributed by atoms with van der Waals surface area (Å²) >= 11 is 0. The maximum atomic E-state index is 8.86. The van der Waals surface area contributed by atoms with Gasteiger partial charge < -0.3 is 11.1 Å². The number of nitrogens with two attached hydrogens (primary N) is 1. The van der Waals surface area contributed by atoms with Crippen molar-refractivity contribution >= 4 is 35.5 Å². The predicted octanol–water partition coefficient (Wildman–Crippen LogP) is 4.89. The summed E-state index contributed by atoms with van der Waals surface area (Å²) in [5.41, 5.74) is 12.7. The molecule has 0 amide bonds. The minimum absolute atomic E-state index is 0.208. The number of benzene rings is 2. The van der Waals surface area contributed by atoms with Gasteiger partial charge in [0.25, 0.3) is 0 Å². The Balaban J connectivity index is 1.19. The lowest BCUT2D eigenvalue weighted by Crippen LogP contribution is -2.34. The van der Waals surface area contributed by atoms with Gasteiger partial charge in [0.05, 0.1) is 23.6 Å². The zero-order valence-electron chi connectivity index (χ0n) is 25.0. The third kappa shape index (κ3) is 6.76. The van der Waals surface area contributed by atoms with Crippen molar-refractivity contribution in [3.63, 3.8) is 0 Å². The van der Waals surface area contributed by atoms with Crippen molar-refractivity contribution in [2.75, 3.05) is 25.9 Å². The molecule has 0 aliphatic carbocycles. The molecule has 3 N–H and O–H groups in total. The van der Waals surface area contributed by atoms with Crippen LogP contribution in [0.5, 0.6) is 0 Å². The molecule has 11 heteroatoms. The molecule has 1 aliphatic heterocycles. The van der Waals surface area contributed by atoms with E-state index in [1.54, 1.807) is 19.6 Å². The molecule has 0 atom stereocenters. The average Bonchev–Trinajstić information content (AvgIpc) is 3.46. The van der Waals surface area contributed by atoms with E-state index in [4.69, 9.17) is 21.0 Å². The van der Waals surface area contributed by atoms with Crippen LogP contribution in [0.1, 0.15) is 18.4 Å². The molecule has 3 aromatic heterocycles. The lowest BCUT2D eigenvalue weighted by Gasteiger charge is -2.30. The molecule has 0 unspecified atom stereocenters. The zero-order chi connectivity index (χ0) is 31.0. The molecule has 0 spiro atoms. The number of nitriles is 1. The zero-order valence-corrected chi connectivity index (χ0v) is 25.0. The minimum Gasteiger partial charge on any atom is -0.383 e. The van der Waals surface area contributed by atoms with E-state index >= 15 is 0 Å². The number of anilines is 1. The highest BCUT2D eigenvalue weighted by Gasteiger charge is 2.20. The summed E-state index contributed by atoms with van der Waals surface area (Å²) in [6.07, 6.45) is 6.58. The van der Waals surface area contributed by atoms with E-state index in [1.807, 2.05) is 48.5 Å². The van der Waals surface area contributed by atoms with Crippen LogP contribution in [0, 0.1) is 11.3 Å². The number of aliphatic imine (C=N–C) groups is 3. The van der Waals surface area contributed by atoms with E-state index in [0.717, 1.165) is 66.1 Å². The first-order valence-corrected chi connectivity index (χ1v) is 14.8. The Hall–Kier alpha value is -5.73. The van der Waals surface area contributed by atoms with Gasteiger partial charge in [0.1, 0.15) is 23.7 Å². The molecule has 2 aromatic carbocycles. The van der Waals surface area contributed by atoms with Crippen LogP contribution in [0.2, 0.25) is 0 Å². The second-order valence-corrected chi connectivity index (χ2v) is 10.7. The van der Waals surface area contributed by atoms with Crippen molar-refractivity contribution < 1.29 is 0 Å². The van der Waals surface area contributed by atoms with Gasteiger partial charge in [0.15, 0.2) is 11.5 Å². The normalized spacial score (nSPS) is 14.8. The number of nitrogens with zero attached hydrogens (tertiary/aromatic N) is 9. The molecule has 1 aliphatic rings. The van der Waals surface area contributed by atoms with Gasteiger partial charge in [-0.3, -0.25) is 19.5 Å². The number of likely N-dealkylation sites (tertiary alicyclic amines) is 1. The second kappa shape index (κ2) is 13.7. The maximum absolute atomic E-state index is 8.86. The van der Waals surface area contributed by atoms with Gasteiger partial charge >= 0.3 is 0 Å². The highest BCUT2D eigenvalue weighted by molar-refractivity contribution is 6.03. The second-order valence-electron chi connectivity index (χ2n) is 10.7. The topological polar surface area (TPSA) is 146 Å². The Morgan fingerprint density at radius 2 is 1.82 bits per heavy atom. The van der Waals surface area contributed by atoms with Gasteiger partial charge in [0.2, 0.25) is 5.84 Å². The smallest absolute Gasteiger partial charge is 0.206 e. The van der Waals surface area contributed by atoms with Crippen LogP contribution in [0.15, 0.2) is 100 Å². The molecule has 1 saturated heterocycles. The fourth-order valence-corrected chi connectivity index (χ4v) is 5.41. The van der Waals surface area contributed by atoms with Crippen molar-refractivity contribution in [2.24, 2.45) is 15.0 Å². The molecule has 0 saturated carbocycles. The molecule has 1 fully saturated rings. The van der Waals surface area contributed by atoms with E-state index in [1.165, 1.54) is 11.9 Å². The van der Waals surface area contributed by atoms with E-state index in [-0.39, 0.29) is 11.9 Å². The summed E-state index contributed by atoms with van der Waals surface area (Å²) in [6, 6.07) is 28.7. The van der Waals surface area contributed by atoms with Crippen molar-refractivity contribution in [3.05, 3.63) is 90.6 Å². The summed E-state index contributed by atoms with van der Waals surface area (Å²) in [5, 5.41) is 11.6. The molecule has 5 aromatic rings. The predicted molar refractivity (Wildman–Crippen MR) is 179 cm³/mol. The van der Waals surface area contributed by atoms with Gasteiger partial charge in [-0.05, 0) is 54.8 Å². The van der Waals surface area contributed by atoms with E-state index in [0.29, 0.717) is 11.6 Å². The molecule has 6 rings (SSSR count). The fraction of sp³-hybridized carbons (Fsp3) is 0.206. The molecular formula is C34H33N11. The van der Waals surface area contributed by atoms with Gasteiger partial charge in [-0.2, -0.15) is 5.26 Å². The summed E-state index contributed by atoms with van der Waals surface area (Å²) < 4.78 is 2.07. The minimum atomic E-state index is 0.208. The SMILES string of the molecule is CN=C(C#N)NC=NC=NC1CCN(Cc2ccc(-n3c(-c4cccnc4N)nc4ccc(-c5ccccc5)nc43)cc2)CC1. The monoisotopic (exact) mass is 595 g/mol. The van der Waals surface area contributed by atoms with E-state index in [2.05, 4.69) is 71.1 Å². The first-order valence-electron chi connectivity index (χ1n) is 14.8. The Labute approximate surface area is 261 Å². The Kier molecular flexibility index (Phi) is 8.94. The first kappa shape index (κ1) is 29.3. The van der Waals surface area contributed by atoms with Crippen LogP contribution in [0.3, 0.4) is 0 Å². The third-order valence-corrected chi connectivity index (χ3v) is 7.76. The Morgan fingerprint density at radius 1 is 1.02 bits per heavy atom. The van der Waals surface area contributed by atoms with Crippen molar-refractivity contribution in [3.8, 4) is 34.4 Å². The largest absolute Gasteiger partial charge is 0.383 e. The number of imidazole rings is 1. The molecular weight excluding hydrogens is 562 g/mol. The van der Waals surface area contributed by atoms with Crippen LogP contribution < -0.4 is 11.1 Å². The number of aromatic nitrogens is 4. The number of hydrogen-bond acceptors (Lipinski definition) is 8. The van der Waals surface area contributed by atoms with Gasteiger partial charge in [-0.25, -0.2) is 19.9 Å². The third-order valence-electron chi connectivity index (χ3n) is 7.76. The molecule has 0 radical (unpaired) electrons. The highest BCUT2D eigenvalue weighted by Crippen LogP contribution is 2.32. The summed E-state index contributed by atoms with van der Waals surface area (Å²) in [7, 11) is 1.55. The Bertz CT molecular complexity index is 1890. The highest BCUT2D eigenvalue weighted by atomic mass is 15.1. The fourth-order valence-electron chi connectivity index (χ4n) is 5.41. The lowest BCUT2D eigenvalue weighted by atomic mass is 10.0. The van der Waals surface area contributed by atoms with Gasteiger partial charge in [-0.15, -0.1) is 0 Å². The first-order chi connectivity index (χ1) is 22.1. The van der Waals surface area contributed by atoms with Gasteiger partial charge in [0, 0.05) is 44.1 Å². The standard InChI is InChI=1S/C34H33N11/c1-37-31(20-35)41-23-38-22-40-26-15-18-44(19-16-26)21-24-9-11-27(12-10-24)45-33(28-8-5-17-39-32(28)36)43-30-14-13-29(42-34(30)45)25-6-3-2-4-7-25/h2-14,17,22-23,26H,15-16,18-19,21H2,1H3,(H2,36,39)(H,37,38,40,41). The van der Waals surface area contributed by atoms with Crippen LogP contribution in [0.25, 0.3) is 39.5 Å². The van der Waals surface area contributed by atoms with Crippen LogP contribution in [-0.2, 0) is 6.54 Å². The number of piperidine rings is 1. The number of fused-ring (bicyclic) bond motifs is 1. The molecule has 224 valence electrons. The number of nitrogen functional groups attached to an aromatic ring is 1. The van der Waals surface area contributed by atoms with E-state index in [9.17, 15) is 0 Å². The summed E-state index contributed by atoms with van der Waals surface area (Å²) in [5.74, 6) is 1.33. The summed E-state index contributed by atoms with van der Waals surface area (Å²) in [4.78, 5) is 29.2. The molecule has 0 bridgehead atoms. The van der Waals surface area contributed by atoms with Crippen LogP contribution in [-0.4, -0.2) is 69.1 Å². The maximum Gasteiger partial charge on any atom is 0.206 e. The van der Waals surface area contributed by atoms with Crippen molar-refractivity contribution in [1.29, 1.82) is 5.26 Å². The molecule has 11 nitrogen and oxygen atoms in total. The number of nitrogens with one attached hydrogen (secondary N) is 1. The summed E-state index contributed by atoms with van der Waals surface area (Å²) in [6.45, 7) is 2.76. The van der Waals surface area contributed by atoms with Gasteiger partial charge in [-0.1, -0.05) is 42.5 Å². The van der Waals surface area contributed by atoms with Crippen LogP contribution >= 0.6 is 0 Å². The van der Waals surface area contributed by atoms with Crippen LogP contribution in [0.4, 0.5) is 5.82 Å². The quantitative estimate of drug-likeness (QED) is 0.192. The molecule has 45 heavy (non-hydrogen) atoms. The number of hydrogen-bond donors (Lipinski definition) is 2. The number of amidine groups is 1. The van der Waals surface area contributed by atoms with Crippen molar-refractivity contribution in [2.45, 2.75) is 25.4 Å². The van der Waals surface area contributed by atoms with Crippen molar-refractivity contribution in [1.82, 2.24) is 29.7 Å². The lowest BCUT2D eigenvalue weighted by molar-refractivity contribution is 0.206. The number of pyridine rings is 2. The Morgan fingerprint density at radius 3 is 2.56 bits per heavy atom.